The molecule has 0 saturated carbocycles. The predicted octanol–water partition coefficient (Wildman–Crippen LogP) is 2.69. The fourth-order valence-corrected chi connectivity index (χ4v) is 1.92. The molecule has 2 heterocycles. The van der Waals surface area contributed by atoms with Gasteiger partial charge in [0.15, 0.2) is 5.78 Å². The Balaban J connectivity index is 2.45. The number of carbonyl (C=O) groups excluding carboxylic acids is 1. The number of ketones is 1. The first kappa shape index (κ1) is 9.09. The molecule has 1 aromatic carbocycles. The Hall–Kier alpha value is -2.16. The van der Waals surface area contributed by atoms with E-state index in [0.29, 0.717) is 5.69 Å². The van der Waals surface area contributed by atoms with E-state index < -0.39 is 0 Å². The van der Waals surface area contributed by atoms with E-state index in [9.17, 15) is 4.79 Å². The Kier molecular flexibility index (Phi) is 1.80. The summed E-state index contributed by atoms with van der Waals surface area (Å²) >= 11 is 0. The number of aromatic nitrogens is 2. The highest BCUT2D eigenvalue weighted by atomic mass is 16.1. The lowest BCUT2D eigenvalue weighted by molar-refractivity contribution is 0.101. The summed E-state index contributed by atoms with van der Waals surface area (Å²) in [4.78, 5) is 15.6. The SMILES string of the molecule is CC(=O)c1cnc2cc3ccccc3cn12. The Bertz CT molecular complexity index is 697. The molecule has 3 rings (SSSR count). The minimum absolute atomic E-state index is 0.0304. The van der Waals surface area contributed by atoms with Crippen LogP contribution in [0.15, 0.2) is 42.7 Å². The number of fused-ring (bicyclic) bond motifs is 2. The van der Waals surface area contributed by atoms with Crippen LogP contribution < -0.4 is 0 Å². The van der Waals surface area contributed by atoms with Crippen LogP contribution in [0.3, 0.4) is 0 Å². The summed E-state index contributed by atoms with van der Waals surface area (Å²) in [5.41, 5.74) is 1.43. The molecule has 0 aliphatic rings. The zero-order chi connectivity index (χ0) is 11.1. The predicted molar refractivity (Wildman–Crippen MR) is 62.7 cm³/mol. The molecule has 0 amide bonds. The van der Waals surface area contributed by atoms with Crippen LogP contribution in [0.2, 0.25) is 0 Å². The second kappa shape index (κ2) is 3.17. The minimum atomic E-state index is 0.0304. The number of Topliss-reactive ketones (excluding diaryl/α,β-unsaturated/α-hetero) is 1. The molecular weight excluding hydrogens is 200 g/mol. The molecule has 78 valence electrons. The van der Waals surface area contributed by atoms with E-state index in [1.54, 1.807) is 13.1 Å². The minimum Gasteiger partial charge on any atom is -0.296 e. The molecular formula is C13H10N2O. The Morgan fingerprint density at radius 2 is 2.00 bits per heavy atom. The summed E-state index contributed by atoms with van der Waals surface area (Å²) in [5, 5.41) is 2.24. The molecule has 0 spiro atoms. The van der Waals surface area contributed by atoms with Gasteiger partial charge in [0.25, 0.3) is 0 Å². The van der Waals surface area contributed by atoms with E-state index in [4.69, 9.17) is 0 Å². The quantitative estimate of drug-likeness (QED) is 0.579. The number of rotatable bonds is 1. The molecule has 0 bridgehead atoms. The van der Waals surface area contributed by atoms with Crippen LogP contribution in [0.5, 0.6) is 0 Å². The number of pyridine rings is 1. The van der Waals surface area contributed by atoms with E-state index in [1.807, 2.05) is 40.9 Å². The van der Waals surface area contributed by atoms with Crippen molar-refractivity contribution in [3.63, 3.8) is 0 Å². The standard InChI is InChI=1S/C13H10N2O/c1-9(16)12-7-14-13-6-10-4-2-3-5-11(10)8-15(12)13/h2-8H,1H3. The van der Waals surface area contributed by atoms with Crippen LogP contribution in [-0.4, -0.2) is 15.2 Å². The lowest BCUT2D eigenvalue weighted by Gasteiger charge is -2.01. The highest BCUT2D eigenvalue weighted by molar-refractivity contribution is 5.94. The number of hydrogen-bond donors (Lipinski definition) is 0. The van der Waals surface area contributed by atoms with Gasteiger partial charge in [-0.15, -0.1) is 0 Å². The van der Waals surface area contributed by atoms with Gasteiger partial charge >= 0.3 is 0 Å². The normalized spacial score (nSPS) is 11.1. The van der Waals surface area contributed by atoms with Crippen LogP contribution in [0, 0.1) is 0 Å². The largest absolute Gasteiger partial charge is 0.296 e. The highest BCUT2D eigenvalue weighted by Gasteiger charge is 2.07. The molecule has 16 heavy (non-hydrogen) atoms. The van der Waals surface area contributed by atoms with Gasteiger partial charge < -0.3 is 0 Å². The van der Waals surface area contributed by atoms with Crippen LogP contribution in [0.4, 0.5) is 0 Å². The molecule has 0 unspecified atom stereocenters. The van der Waals surface area contributed by atoms with E-state index in [-0.39, 0.29) is 5.78 Å². The summed E-state index contributed by atoms with van der Waals surface area (Å²) in [6.07, 6.45) is 3.57. The smallest absolute Gasteiger partial charge is 0.178 e. The lowest BCUT2D eigenvalue weighted by atomic mass is 10.2. The number of benzene rings is 1. The fraction of sp³-hybridized carbons (Fsp3) is 0.0769. The van der Waals surface area contributed by atoms with Crippen LogP contribution >= 0.6 is 0 Å². The number of hydrogen-bond acceptors (Lipinski definition) is 2. The van der Waals surface area contributed by atoms with Gasteiger partial charge in [-0.3, -0.25) is 9.20 Å². The highest BCUT2D eigenvalue weighted by Crippen LogP contribution is 2.17. The van der Waals surface area contributed by atoms with Crippen LogP contribution in [-0.2, 0) is 0 Å². The van der Waals surface area contributed by atoms with Gasteiger partial charge in [0.05, 0.1) is 6.20 Å². The maximum atomic E-state index is 11.4. The van der Waals surface area contributed by atoms with Crippen molar-refractivity contribution in [1.29, 1.82) is 0 Å². The van der Waals surface area contributed by atoms with Crippen LogP contribution in [0.1, 0.15) is 17.4 Å². The molecule has 2 aromatic heterocycles. The monoisotopic (exact) mass is 210 g/mol. The van der Waals surface area contributed by atoms with Crippen LogP contribution in [0.25, 0.3) is 16.4 Å². The van der Waals surface area contributed by atoms with E-state index in [1.165, 1.54) is 0 Å². The molecule has 0 radical (unpaired) electrons. The van der Waals surface area contributed by atoms with Gasteiger partial charge in [-0.1, -0.05) is 24.3 Å². The molecule has 3 aromatic rings. The van der Waals surface area contributed by atoms with Gasteiger partial charge in [0, 0.05) is 13.1 Å². The molecule has 0 saturated heterocycles. The molecule has 0 fully saturated rings. The second-order valence-corrected chi connectivity index (χ2v) is 3.83. The van der Waals surface area contributed by atoms with Gasteiger partial charge in [0.1, 0.15) is 11.3 Å². The zero-order valence-electron chi connectivity index (χ0n) is 8.84. The second-order valence-electron chi connectivity index (χ2n) is 3.83. The Morgan fingerprint density at radius 1 is 1.25 bits per heavy atom. The lowest BCUT2D eigenvalue weighted by Crippen LogP contribution is -1.97. The van der Waals surface area contributed by atoms with E-state index in [2.05, 4.69) is 4.98 Å². The average Bonchev–Trinajstić information content (AvgIpc) is 2.68. The number of carbonyl (C=O) groups is 1. The zero-order valence-corrected chi connectivity index (χ0v) is 8.84. The van der Waals surface area contributed by atoms with Crippen molar-refractivity contribution in [2.24, 2.45) is 0 Å². The maximum absolute atomic E-state index is 11.4. The van der Waals surface area contributed by atoms with Crippen molar-refractivity contribution >= 4 is 22.2 Å². The molecule has 0 atom stereocenters. The molecule has 0 aliphatic carbocycles. The fourth-order valence-electron chi connectivity index (χ4n) is 1.92. The summed E-state index contributed by atoms with van der Waals surface area (Å²) in [7, 11) is 0. The van der Waals surface area contributed by atoms with Crippen molar-refractivity contribution in [3.8, 4) is 0 Å². The van der Waals surface area contributed by atoms with Gasteiger partial charge in [-0.2, -0.15) is 0 Å². The summed E-state index contributed by atoms with van der Waals surface area (Å²) < 4.78 is 1.84. The summed E-state index contributed by atoms with van der Waals surface area (Å²) in [5.74, 6) is 0.0304. The van der Waals surface area contributed by atoms with Crippen molar-refractivity contribution in [2.45, 2.75) is 6.92 Å². The van der Waals surface area contributed by atoms with Crippen molar-refractivity contribution in [3.05, 3.63) is 48.4 Å². The molecule has 0 aliphatic heterocycles. The van der Waals surface area contributed by atoms with Crippen molar-refractivity contribution < 1.29 is 4.79 Å². The number of nitrogens with zero attached hydrogens (tertiary/aromatic N) is 2. The summed E-state index contributed by atoms with van der Waals surface area (Å²) in [6, 6.07) is 10.0. The number of imidazole rings is 1. The Morgan fingerprint density at radius 3 is 2.75 bits per heavy atom. The molecule has 3 nitrogen and oxygen atoms in total. The third-order valence-electron chi connectivity index (χ3n) is 2.73. The third kappa shape index (κ3) is 1.21. The first-order valence-corrected chi connectivity index (χ1v) is 5.12. The summed E-state index contributed by atoms with van der Waals surface area (Å²) in [6.45, 7) is 1.55. The third-order valence-corrected chi connectivity index (χ3v) is 2.73. The van der Waals surface area contributed by atoms with E-state index >= 15 is 0 Å². The van der Waals surface area contributed by atoms with Gasteiger partial charge in [-0.05, 0) is 16.8 Å². The Labute approximate surface area is 92.3 Å². The molecule has 3 heteroatoms. The maximum Gasteiger partial charge on any atom is 0.178 e. The van der Waals surface area contributed by atoms with Gasteiger partial charge in [-0.25, -0.2) is 4.98 Å². The first-order chi connectivity index (χ1) is 7.75. The van der Waals surface area contributed by atoms with Gasteiger partial charge in [0.2, 0.25) is 0 Å². The molecule has 0 N–H and O–H groups in total. The van der Waals surface area contributed by atoms with E-state index in [0.717, 1.165) is 16.4 Å². The topological polar surface area (TPSA) is 34.4 Å². The van der Waals surface area contributed by atoms with Crippen molar-refractivity contribution in [1.82, 2.24) is 9.38 Å². The van der Waals surface area contributed by atoms with Crippen molar-refractivity contribution in [2.75, 3.05) is 0 Å². The average molecular weight is 210 g/mol. The first-order valence-electron chi connectivity index (χ1n) is 5.12.